The highest BCUT2D eigenvalue weighted by Gasteiger charge is 2.31. The lowest BCUT2D eigenvalue weighted by Gasteiger charge is -2.26. The van der Waals surface area contributed by atoms with Crippen molar-refractivity contribution in [2.24, 2.45) is 17.4 Å². The van der Waals surface area contributed by atoms with E-state index in [9.17, 15) is 28.8 Å². The maximum Gasteiger partial charge on any atom is 0.322 e. The van der Waals surface area contributed by atoms with E-state index in [0.717, 1.165) is 0 Å². The summed E-state index contributed by atoms with van der Waals surface area (Å²) < 4.78 is 0. The van der Waals surface area contributed by atoms with Crippen LogP contribution in [0.15, 0.2) is 0 Å². The normalized spacial score (nSPS) is 14.5. The summed E-state index contributed by atoms with van der Waals surface area (Å²) in [6.45, 7) is 2.71. The van der Waals surface area contributed by atoms with E-state index < -0.39 is 72.6 Å². The molecule has 30 heavy (non-hydrogen) atoms. The molecule has 0 aromatic carbocycles. The van der Waals surface area contributed by atoms with Gasteiger partial charge in [0.05, 0.1) is 12.5 Å². The number of primary amides is 1. The Labute approximate surface area is 172 Å². The first kappa shape index (κ1) is 26.8. The van der Waals surface area contributed by atoms with Crippen LogP contribution < -0.4 is 27.4 Å². The lowest BCUT2D eigenvalue weighted by molar-refractivity contribution is -0.142. The van der Waals surface area contributed by atoms with Crippen LogP contribution in [-0.2, 0) is 28.8 Å². The van der Waals surface area contributed by atoms with Gasteiger partial charge in [-0.15, -0.1) is 0 Å². The summed E-state index contributed by atoms with van der Waals surface area (Å²) in [5.41, 5.74) is 10.6. The summed E-state index contributed by atoms with van der Waals surface area (Å²) in [5.74, 6) is -6.35. The lowest BCUT2D eigenvalue weighted by Crippen LogP contribution is -2.58. The third-order valence-corrected chi connectivity index (χ3v) is 4.26. The fraction of sp³-hybridized carbons (Fsp3) is 0.647. The Morgan fingerprint density at radius 1 is 0.933 bits per heavy atom. The fourth-order valence-corrected chi connectivity index (χ4v) is 2.32. The second kappa shape index (κ2) is 13.1. The number of hydrogen-bond donors (Lipinski definition) is 7. The second-order valence-corrected chi connectivity index (χ2v) is 6.75. The summed E-state index contributed by atoms with van der Waals surface area (Å²) in [4.78, 5) is 69.5. The van der Waals surface area contributed by atoms with Crippen molar-refractivity contribution >= 4 is 35.6 Å². The molecule has 0 aliphatic rings. The van der Waals surface area contributed by atoms with Gasteiger partial charge in [0.15, 0.2) is 0 Å². The number of hydrogen-bond acceptors (Lipinski definition) is 7. The van der Waals surface area contributed by atoms with E-state index in [1.807, 2.05) is 0 Å². The molecule has 0 saturated heterocycles. The Balaban J connectivity index is 5.29. The first-order valence-electron chi connectivity index (χ1n) is 9.24. The Morgan fingerprint density at radius 3 is 2.00 bits per heavy atom. The SMILES string of the molecule is CCC(C)C(NC(=O)C(CC(=O)O)NC(=O)C(N)CCC(N)=O)C(=O)NCC(=O)O. The predicted molar refractivity (Wildman–Crippen MR) is 103 cm³/mol. The molecule has 0 heterocycles. The highest BCUT2D eigenvalue weighted by atomic mass is 16.4. The summed E-state index contributed by atoms with van der Waals surface area (Å²) >= 11 is 0. The predicted octanol–water partition coefficient (Wildman–Crippen LogP) is -2.73. The minimum atomic E-state index is -1.55. The second-order valence-electron chi connectivity index (χ2n) is 6.75. The third-order valence-electron chi connectivity index (χ3n) is 4.26. The van der Waals surface area contributed by atoms with Crippen LogP contribution in [0.1, 0.15) is 39.5 Å². The molecule has 9 N–H and O–H groups in total. The number of rotatable bonds is 14. The van der Waals surface area contributed by atoms with Crippen LogP contribution in [0.2, 0.25) is 0 Å². The maximum atomic E-state index is 12.6. The topological polar surface area (TPSA) is 231 Å². The van der Waals surface area contributed by atoms with E-state index in [4.69, 9.17) is 21.7 Å². The minimum Gasteiger partial charge on any atom is -0.481 e. The number of carbonyl (C=O) groups is 6. The zero-order valence-electron chi connectivity index (χ0n) is 16.8. The molecular weight excluding hydrogens is 402 g/mol. The van der Waals surface area contributed by atoms with Gasteiger partial charge in [-0.1, -0.05) is 20.3 Å². The molecule has 4 atom stereocenters. The van der Waals surface area contributed by atoms with E-state index in [0.29, 0.717) is 6.42 Å². The molecule has 4 unspecified atom stereocenters. The van der Waals surface area contributed by atoms with E-state index >= 15 is 0 Å². The summed E-state index contributed by atoms with van der Waals surface area (Å²) in [5, 5.41) is 24.4. The van der Waals surface area contributed by atoms with E-state index in [1.54, 1.807) is 13.8 Å². The zero-order chi connectivity index (χ0) is 23.4. The van der Waals surface area contributed by atoms with Crippen molar-refractivity contribution in [3.63, 3.8) is 0 Å². The molecule has 4 amide bonds. The molecule has 13 nitrogen and oxygen atoms in total. The minimum absolute atomic E-state index is 0.102. The van der Waals surface area contributed by atoms with Crippen LogP contribution in [-0.4, -0.2) is 70.5 Å². The van der Waals surface area contributed by atoms with Crippen molar-refractivity contribution in [3.8, 4) is 0 Å². The van der Waals surface area contributed by atoms with Gasteiger partial charge >= 0.3 is 11.9 Å². The van der Waals surface area contributed by atoms with Crippen molar-refractivity contribution in [2.75, 3.05) is 6.54 Å². The molecule has 0 aromatic rings. The quantitative estimate of drug-likeness (QED) is 0.151. The van der Waals surface area contributed by atoms with E-state index in [2.05, 4.69) is 16.0 Å². The number of nitrogens with two attached hydrogens (primary N) is 2. The average molecular weight is 431 g/mol. The highest BCUT2D eigenvalue weighted by Crippen LogP contribution is 2.09. The zero-order valence-corrected chi connectivity index (χ0v) is 16.8. The third kappa shape index (κ3) is 10.4. The smallest absolute Gasteiger partial charge is 0.322 e. The van der Waals surface area contributed by atoms with Crippen LogP contribution in [0.4, 0.5) is 0 Å². The van der Waals surface area contributed by atoms with Gasteiger partial charge in [-0.2, -0.15) is 0 Å². The molecule has 0 aliphatic carbocycles. The van der Waals surface area contributed by atoms with E-state index in [-0.39, 0.29) is 12.8 Å². The molecular formula is C17H29N5O8. The number of carbonyl (C=O) groups excluding carboxylic acids is 4. The lowest BCUT2D eigenvalue weighted by atomic mass is 9.97. The van der Waals surface area contributed by atoms with Crippen LogP contribution >= 0.6 is 0 Å². The number of aliphatic carboxylic acids is 2. The van der Waals surface area contributed by atoms with Gasteiger partial charge in [0.25, 0.3) is 0 Å². The number of carboxylic acid groups (broad SMARTS) is 2. The van der Waals surface area contributed by atoms with Crippen LogP contribution in [0, 0.1) is 5.92 Å². The molecule has 0 rings (SSSR count). The van der Waals surface area contributed by atoms with Crippen LogP contribution in [0.25, 0.3) is 0 Å². The van der Waals surface area contributed by atoms with Gasteiger partial charge in [-0.3, -0.25) is 28.8 Å². The Kier molecular flexibility index (Phi) is 11.7. The first-order chi connectivity index (χ1) is 13.9. The van der Waals surface area contributed by atoms with Crippen molar-refractivity contribution in [2.45, 2.75) is 57.7 Å². The van der Waals surface area contributed by atoms with Gasteiger partial charge in [0.2, 0.25) is 23.6 Å². The number of nitrogens with one attached hydrogen (secondary N) is 3. The number of carboxylic acids is 2. The van der Waals surface area contributed by atoms with Gasteiger partial charge < -0.3 is 37.6 Å². The molecule has 170 valence electrons. The summed E-state index contributed by atoms with van der Waals surface area (Å²) in [6.07, 6.45) is -0.622. The van der Waals surface area contributed by atoms with Crippen molar-refractivity contribution in [1.29, 1.82) is 0 Å². The van der Waals surface area contributed by atoms with Gasteiger partial charge in [-0.05, 0) is 12.3 Å². The largest absolute Gasteiger partial charge is 0.481 e. The molecule has 0 fully saturated rings. The molecule has 13 heteroatoms. The molecule has 0 bridgehead atoms. The standard InChI is InChI=1S/C17H29N5O8/c1-3-8(2)14(17(30)20-7-13(26)27)22-16(29)10(6-12(24)25)21-15(28)9(18)4-5-11(19)23/h8-10,14H,3-7,18H2,1-2H3,(H2,19,23)(H,20,30)(H,21,28)(H,22,29)(H,24,25)(H,26,27). The van der Waals surface area contributed by atoms with Gasteiger partial charge in [0, 0.05) is 6.42 Å². The fourth-order valence-electron chi connectivity index (χ4n) is 2.32. The first-order valence-corrected chi connectivity index (χ1v) is 9.24. The van der Waals surface area contributed by atoms with Crippen molar-refractivity contribution in [3.05, 3.63) is 0 Å². The maximum absolute atomic E-state index is 12.6. The Bertz CT molecular complexity index is 669. The highest BCUT2D eigenvalue weighted by molar-refractivity contribution is 5.95. The summed E-state index contributed by atoms with van der Waals surface area (Å²) in [6, 6.07) is -3.90. The molecule has 0 aromatic heterocycles. The van der Waals surface area contributed by atoms with Crippen molar-refractivity contribution < 1.29 is 39.0 Å². The van der Waals surface area contributed by atoms with Crippen molar-refractivity contribution in [1.82, 2.24) is 16.0 Å². The molecule has 0 radical (unpaired) electrons. The van der Waals surface area contributed by atoms with Gasteiger partial charge in [-0.25, -0.2) is 0 Å². The molecule has 0 spiro atoms. The summed E-state index contributed by atoms with van der Waals surface area (Å²) in [7, 11) is 0. The average Bonchev–Trinajstić information content (AvgIpc) is 2.66. The monoisotopic (exact) mass is 431 g/mol. The number of amides is 4. The molecule has 0 aliphatic heterocycles. The van der Waals surface area contributed by atoms with Gasteiger partial charge in [0.1, 0.15) is 18.6 Å². The van der Waals surface area contributed by atoms with Crippen LogP contribution in [0.5, 0.6) is 0 Å². The van der Waals surface area contributed by atoms with Crippen LogP contribution in [0.3, 0.4) is 0 Å². The Hall–Kier alpha value is -3.22. The Morgan fingerprint density at radius 2 is 1.53 bits per heavy atom. The molecule has 0 saturated carbocycles. The van der Waals surface area contributed by atoms with E-state index in [1.165, 1.54) is 0 Å².